The second-order valence-electron chi connectivity index (χ2n) is 3.63. The molecule has 1 aliphatic rings. The molecule has 4 heteroatoms. The predicted octanol–water partition coefficient (Wildman–Crippen LogP) is 2.86. The van der Waals surface area contributed by atoms with Gasteiger partial charge in [-0.15, -0.1) is 0 Å². The van der Waals surface area contributed by atoms with E-state index in [0.29, 0.717) is 11.8 Å². The van der Waals surface area contributed by atoms with Crippen molar-refractivity contribution in [3.05, 3.63) is 22.7 Å². The summed E-state index contributed by atoms with van der Waals surface area (Å²) in [5, 5.41) is 0. The molecule has 15 heavy (non-hydrogen) atoms. The van der Waals surface area contributed by atoms with Crippen molar-refractivity contribution in [3.63, 3.8) is 0 Å². The molecule has 1 fully saturated rings. The van der Waals surface area contributed by atoms with E-state index in [9.17, 15) is 0 Å². The zero-order valence-corrected chi connectivity index (χ0v) is 10.1. The molecule has 3 nitrogen and oxygen atoms in total. The number of nitrogens with two attached hydrogens (primary N) is 1. The summed E-state index contributed by atoms with van der Waals surface area (Å²) in [5.74, 6) is 1.95. The highest BCUT2D eigenvalue weighted by molar-refractivity contribution is 9.10. The number of benzene rings is 1. The summed E-state index contributed by atoms with van der Waals surface area (Å²) in [6, 6.07) is 5.71. The second-order valence-corrected chi connectivity index (χ2v) is 4.54. The molecule has 1 aromatic rings. The number of ether oxygens (including phenoxy) is 1. The average molecular weight is 269 g/mol. The third-order valence-electron chi connectivity index (χ3n) is 2.39. The van der Waals surface area contributed by atoms with E-state index in [2.05, 4.69) is 20.9 Å². The van der Waals surface area contributed by atoms with E-state index >= 15 is 0 Å². The highest BCUT2D eigenvalue weighted by atomic mass is 79.9. The van der Waals surface area contributed by atoms with Gasteiger partial charge in [-0.3, -0.25) is 0 Å². The minimum atomic E-state index is 0.480. The molecule has 1 aromatic carbocycles. The van der Waals surface area contributed by atoms with Crippen molar-refractivity contribution in [1.82, 2.24) is 0 Å². The van der Waals surface area contributed by atoms with Gasteiger partial charge in [0.05, 0.1) is 7.11 Å². The molecule has 1 saturated carbocycles. The van der Waals surface area contributed by atoms with Crippen molar-refractivity contribution in [2.45, 2.75) is 12.8 Å². The molecule has 0 aliphatic heterocycles. The fourth-order valence-corrected chi connectivity index (χ4v) is 1.71. The van der Waals surface area contributed by atoms with Crippen LogP contribution in [0.5, 0.6) is 5.75 Å². The minimum Gasteiger partial charge on any atom is -0.494 e. The first kappa shape index (κ1) is 10.5. The molecule has 0 amide bonds. The van der Waals surface area contributed by atoms with Crippen LogP contribution in [-0.4, -0.2) is 12.9 Å². The Morgan fingerprint density at radius 3 is 2.87 bits per heavy atom. The first-order chi connectivity index (χ1) is 7.20. The van der Waals surface area contributed by atoms with Crippen LogP contribution in [0.3, 0.4) is 0 Å². The van der Waals surface area contributed by atoms with Gasteiger partial charge in [-0.25, -0.2) is 4.99 Å². The Morgan fingerprint density at radius 2 is 2.27 bits per heavy atom. The van der Waals surface area contributed by atoms with E-state index in [-0.39, 0.29) is 0 Å². The first-order valence-corrected chi connectivity index (χ1v) is 5.67. The van der Waals surface area contributed by atoms with Gasteiger partial charge in [-0.1, -0.05) is 15.9 Å². The van der Waals surface area contributed by atoms with Gasteiger partial charge in [0.2, 0.25) is 0 Å². The van der Waals surface area contributed by atoms with Crippen molar-refractivity contribution in [2.24, 2.45) is 16.6 Å². The Balaban J connectivity index is 2.32. The molecule has 0 heterocycles. The Kier molecular flexibility index (Phi) is 2.95. The van der Waals surface area contributed by atoms with E-state index in [4.69, 9.17) is 10.5 Å². The Bertz CT molecular complexity index is 400. The topological polar surface area (TPSA) is 47.6 Å². The number of halogens is 1. The van der Waals surface area contributed by atoms with Gasteiger partial charge >= 0.3 is 0 Å². The van der Waals surface area contributed by atoms with Crippen molar-refractivity contribution in [2.75, 3.05) is 7.11 Å². The summed E-state index contributed by atoms with van der Waals surface area (Å²) >= 11 is 3.40. The van der Waals surface area contributed by atoms with Gasteiger partial charge < -0.3 is 10.5 Å². The van der Waals surface area contributed by atoms with Crippen LogP contribution in [-0.2, 0) is 0 Å². The van der Waals surface area contributed by atoms with Crippen LogP contribution in [0.2, 0.25) is 0 Å². The van der Waals surface area contributed by atoms with Crippen LogP contribution < -0.4 is 10.5 Å². The van der Waals surface area contributed by atoms with Crippen molar-refractivity contribution in [3.8, 4) is 5.75 Å². The number of amidine groups is 1. The lowest BCUT2D eigenvalue weighted by molar-refractivity contribution is 0.416. The molecule has 2 rings (SSSR count). The molecule has 0 atom stereocenters. The van der Waals surface area contributed by atoms with Crippen LogP contribution >= 0.6 is 15.9 Å². The van der Waals surface area contributed by atoms with Crippen LogP contribution in [0, 0.1) is 5.92 Å². The molecule has 0 unspecified atom stereocenters. The molecule has 0 bridgehead atoms. The van der Waals surface area contributed by atoms with Gasteiger partial charge in [0, 0.05) is 10.4 Å². The van der Waals surface area contributed by atoms with E-state index in [1.54, 1.807) is 7.11 Å². The van der Waals surface area contributed by atoms with Gasteiger partial charge in [-0.05, 0) is 31.0 Å². The lowest BCUT2D eigenvalue weighted by Gasteiger charge is -2.05. The van der Waals surface area contributed by atoms with E-state index in [0.717, 1.165) is 28.8 Å². The van der Waals surface area contributed by atoms with Gasteiger partial charge in [0.1, 0.15) is 17.3 Å². The largest absolute Gasteiger partial charge is 0.494 e. The molecule has 1 aliphatic carbocycles. The first-order valence-electron chi connectivity index (χ1n) is 4.88. The van der Waals surface area contributed by atoms with Crippen LogP contribution in [0.25, 0.3) is 0 Å². The van der Waals surface area contributed by atoms with Crippen LogP contribution in [0.1, 0.15) is 12.8 Å². The monoisotopic (exact) mass is 268 g/mol. The predicted molar refractivity (Wildman–Crippen MR) is 64.7 cm³/mol. The van der Waals surface area contributed by atoms with Crippen molar-refractivity contribution < 1.29 is 4.74 Å². The van der Waals surface area contributed by atoms with Gasteiger partial charge in [-0.2, -0.15) is 0 Å². The number of hydrogen-bond acceptors (Lipinski definition) is 2. The summed E-state index contributed by atoms with van der Waals surface area (Å²) in [4.78, 5) is 4.39. The number of nitrogens with zero attached hydrogens (tertiary/aromatic N) is 1. The number of rotatable bonds is 3. The average Bonchev–Trinajstić information content (AvgIpc) is 3.01. The van der Waals surface area contributed by atoms with Crippen molar-refractivity contribution in [1.29, 1.82) is 0 Å². The normalized spacial score (nSPS) is 16.5. The fourth-order valence-electron chi connectivity index (χ4n) is 1.36. The molecule has 0 radical (unpaired) electrons. The van der Waals surface area contributed by atoms with E-state index < -0.39 is 0 Å². The van der Waals surface area contributed by atoms with Gasteiger partial charge in [0.15, 0.2) is 0 Å². The minimum absolute atomic E-state index is 0.480. The number of methoxy groups -OCH3 is 1. The molecule has 0 aromatic heterocycles. The Hall–Kier alpha value is -1.03. The molecular formula is C11H13BrN2O. The van der Waals surface area contributed by atoms with E-state index in [1.807, 2.05) is 18.2 Å². The highest BCUT2D eigenvalue weighted by Gasteiger charge is 2.25. The summed E-state index contributed by atoms with van der Waals surface area (Å²) in [7, 11) is 1.63. The Labute approximate surface area is 97.5 Å². The SMILES string of the molecule is COc1ccc(Br)cc1N=C(N)C1CC1. The maximum absolute atomic E-state index is 5.86. The molecular weight excluding hydrogens is 256 g/mol. The second kappa shape index (κ2) is 4.23. The lowest BCUT2D eigenvalue weighted by Crippen LogP contribution is -2.13. The third kappa shape index (κ3) is 2.50. The van der Waals surface area contributed by atoms with Gasteiger partial charge in [0.25, 0.3) is 0 Å². The lowest BCUT2D eigenvalue weighted by atomic mass is 10.3. The quantitative estimate of drug-likeness (QED) is 0.677. The van der Waals surface area contributed by atoms with E-state index in [1.165, 1.54) is 0 Å². The summed E-state index contributed by atoms with van der Waals surface area (Å²) in [5.41, 5.74) is 6.65. The summed E-state index contributed by atoms with van der Waals surface area (Å²) in [6.45, 7) is 0. The maximum atomic E-state index is 5.86. The highest BCUT2D eigenvalue weighted by Crippen LogP contribution is 2.34. The molecule has 0 spiro atoms. The maximum Gasteiger partial charge on any atom is 0.144 e. The fraction of sp³-hybridized carbons (Fsp3) is 0.364. The standard InChI is InChI=1S/C11H13BrN2O/c1-15-10-5-4-8(12)6-9(10)14-11(13)7-2-3-7/h4-7H,2-3H2,1H3,(H2,13,14). The summed E-state index contributed by atoms with van der Waals surface area (Å²) < 4.78 is 6.20. The zero-order chi connectivity index (χ0) is 10.8. The summed E-state index contributed by atoms with van der Waals surface area (Å²) in [6.07, 6.45) is 2.32. The molecule has 0 saturated heterocycles. The smallest absolute Gasteiger partial charge is 0.144 e. The third-order valence-corrected chi connectivity index (χ3v) is 2.88. The number of aliphatic imine (C=N–C) groups is 1. The molecule has 80 valence electrons. The van der Waals surface area contributed by atoms with Crippen LogP contribution in [0.4, 0.5) is 5.69 Å². The Morgan fingerprint density at radius 1 is 1.53 bits per heavy atom. The number of hydrogen-bond donors (Lipinski definition) is 1. The van der Waals surface area contributed by atoms with Crippen LogP contribution in [0.15, 0.2) is 27.7 Å². The van der Waals surface area contributed by atoms with Crippen molar-refractivity contribution >= 4 is 27.5 Å². The molecule has 2 N–H and O–H groups in total. The zero-order valence-electron chi connectivity index (χ0n) is 8.53.